The molecule has 0 radical (unpaired) electrons. The van der Waals surface area contributed by atoms with E-state index in [9.17, 15) is 8.42 Å². The van der Waals surface area contributed by atoms with Gasteiger partial charge in [0.2, 0.25) is 10.0 Å². The highest BCUT2D eigenvalue weighted by atomic mass is 127. The van der Waals surface area contributed by atoms with Gasteiger partial charge in [0.1, 0.15) is 0 Å². The molecule has 0 heterocycles. The van der Waals surface area contributed by atoms with Crippen molar-refractivity contribution in [1.29, 1.82) is 0 Å². The van der Waals surface area contributed by atoms with Crippen molar-refractivity contribution in [1.82, 2.24) is 4.72 Å². The Morgan fingerprint density at radius 2 is 1.81 bits per heavy atom. The maximum Gasteiger partial charge on any atom is 0.241 e. The Morgan fingerprint density at radius 1 is 1.10 bits per heavy atom. The van der Waals surface area contributed by atoms with E-state index in [2.05, 4.69) is 27.3 Å². The van der Waals surface area contributed by atoms with E-state index in [-0.39, 0.29) is 0 Å². The van der Waals surface area contributed by atoms with Crippen LogP contribution in [0.25, 0.3) is 10.8 Å². The maximum absolute atomic E-state index is 12.4. The average Bonchev–Trinajstić information content (AvgIpc) is 2.47. The monoisotopic (exact) mass is 436 g/mol. The van der Waals surface area contributed by atoms with Gasteiger partial charge in [-0.15, -0.1) is 0 Å². The molecule has 21 heavy (non-hydrogen) atoms. The molecule has 0 aliphatic rings. The van der Waals surface area contributed by atoms with Crippen LogP contribution >= 0.6 is 34.4 Å². The van der Waals surface area contributed by atoms with Gasteiger partial charge >= 0.3 is 0 Å². The third kappa shape index (κ3) is 4.32. The van der Waals surface area contributed by atoms with E-state index >= 15 is 0 Å². The fraction of sp³-hybridized carbons (Fsp3) is 0.286. The second kappa shape index (κ2) is 7.77. The number of nitrogens with one attached hydrogen (secondary N) is 1. The first-order valence-electron chi connectivity index (χ1n) is 6.51. The van der Waals surface area contributed by atoms with Crippen molar-refractivity contribution in [3.63, 3.8) is 0 Å². The summed E-state index contributed by atoms with van der Waals surface area (Å²) in [5.74, 6) is 1.56. The zero-order valence-electron chi connectivity index (χ0n) is 11.4. The number of rotatable bonds is 7. The smallest absolute Gasteiger partial charge is 0.241 e. The van der Waals surface area contributed by atoms with E-state index in [4.69, 9.17) is 5.73 Å². The summed E-state index contributed by atoms with van der Waals surface area (Å²) >= 11 is 3.86. The van der Waals surface area contributed by atoms with Crippen LogP contribution < -0.4 is 10.5 Å². The van der Waals surface area contributed by atoms with Gasteiger partial charge in [-0.2, -0.15) is 11.8 Å². The van der Waals surface area contributed by atoms with Crippen molar-refractivity contribution in [2.45, 2.75) is 4.90 Å². The molecule has 0 bridgehead atoms. The van der Waals surface area contributed by atoms with Crippen LogP contribution in [0, 0.1) is 3.57 Å². The maximum atomic E-state index is 12.4. The fourth-order valence-corrected chi connectivity index (χ4v) is 4.66. The van der Waals surface area contributed by atoms with Gasteiger partial charge in [-0.3, -0.25) is 0 Å². The van der Waals surface area contributed by atoms with Crippen LogP contribution in [0.2, 0.25) is 0 Å². The summed E-state index contributed by atoms with van der Waals surface area (Å²) in [6.07, 6.45) is 0. The Bertz CT molecular complexity index is 720. The molecule has 2 rings (SSSR count). The predicted octanol–water partition coefficient (Wildman–Crippen LogP) is 2.41. The highest BCUT2D eigenvalue weighted by molar-refractivity contribution is 14.1. The predicted molar refractivity (Wildman–Crippen MR) is 98.2 cm³/mol. The lowest BCUT2D eigenvalue weighted by atomic mass is 10.1. The molecule has 0 aromatic heterocycles. The molecule has 2 aromatic carbocycles. The van der Waals surface area contributed by atoms with Crippen LogP contribution in [-0.4, -0.2) is 33.0 Å². The molecule has 2 aromatic rings. The number of hydrogen-bond donors (Lipinski definition) is 2. The lowest BCUT2D eigenvalue weighted by Crippen LogP contribution is -2.26. The van der Waals surface area contributed by atoms with Crippen molar-refractivity contribution >= 4 is 55.1 Å². The van der Waals surface area contributed by atoms with Gasteiger partial charge < -0.3 is 5.73 Å². The van der Waals surface area contributed by atoms with E-state index < -0.39 is 10.0 Å². The molecule has 0 aliphatic heterocycles. The van der Waals surface area contributed by atoms with Gasteiger partial charge in [0.05, 0.1) is 4.90 Å². The molecule has 0 saturated heterocycles. The van der Waals surface area contributed by atoms with E-state index in [1.54, 1.807) is 23.9 Å². The van der Waals surface area contributed by atoms with Gasteiger partial charge in [-0.1, -0.05) is 24.3 Å². The molecule has 0 spiro atoms. The van der Waals surface area contributed by atoms with Crippen LogP contribution in [-0.2, 0) is 10.0 Å². The minimum atomic E-state index is -3.49. The molecule has 3 N–H and O–H groups in total. The zero-order chi connectivity index (χ0) is 15.3. The Hall–Kier alpha value is -0.350. The number of hydrogen-bond acceptors (Lipinski definition) is 4. The Morgan fingerprint density at radius 3 is 2.57 bits per heavy atom. The van der Waals surface area contributed by atoms with Gasteiger partial charge in [-0.05, 0) is 40.1 Å². The summed E-state index contributed by atoms with van der Waals surface area (Å²) in [4.78, 5) is 0.336. The quantitative estimate of drug-likeness (QED) is 0.517. The summed E-state index contributed by atoms with van der Waals surface area (Å²) in [5, 5.41) is 1.71. The van der Waals surface area contributed by atoms with Crippen LogP contribution in [0.3, 0.4) is 0 Å². The van der Waals surface area contributed by atoms with Crippen molar-refractivity contribution < 1.29 is 8.42 Å². The summed E-state index contributed by atoms with van der Waals surface area (Å²) in [6, 6.07) is 11.1. The second-order valence-corrected chi connectivity index (χ2v) is 8.51. The summed E-state index contributed by atoms with van der Waals surface area (Å²) in [7, 11) is -3.49. The molecule has 7 heteroatoms. The molecular formula is C14H17IN2O2S2. The molecule has 114 valence electrons. The number of thioether (sulfide) groups is 1. The molecule has 4 nitrogen and oxygen atoms in total. The van der Waals surface area contributed by atoms with E-state index in [0.717, 1.165) is 25.8 Å². The zero-order valence-corrected chi connectivity index (χ0v) is 15.2. The van der Waals surface area contributed by atoms with Crippen molar-refractivity contribution in [2.75, 3.05) is 24.6 Å². The highest BCUT2D eigenvalue weighted by Gasteiger charge is 2.17. The summed E-state index contributed by atoms with van der Waals surface area (Å²) < 4.78 is 28.6. The van der Waals surface area contributed by atoms with Gasteiger partial charge in [0.15, 0.2) is 0 Å². The molecule has 0 unspecified atom stereocenters. The largest absolute Gasteiger partial charge is 0.330 e. The summed E-state index contributed by atoms with van der Waals surface area (Å²) in [6.45, 7) is 1.02. The summed E-state index contributed by atoms with van der Waals surface area (Å²) in [5.41, 5.74) is 5.40. The fourth-order valence-electron chi connectivity index (χ4n) is 1.99. The first-order chi connectivity index (χ1) is 10.1. The molecule has 0 aliphatic carbocycles. The first kappa shape index (κ1) is 17.0. The first-order valence-corrected chi connectivity index (χ1v) is 10.2. The van der Waals surface area contributed by atoms with E-state index in [1.165, 1.54) is 0 Å². The third-order valence-corrected chi connectivity index (χ3v) is 6.40. The number of halogens is 1. The molecular weight excluding hydrogens is 419 g/mol. The van der Waals surface area contributed by atoms with Gasteiger partial charge in [0.25, 0.3) is 0 Å². The number of fused-ring (bicyclic) bond motifs is 1. The van der Waals surface area contributed by atoms with Crippen molar-refractivity contribution in [3.8, 4) is 0 Å². The molecule has 0 fully saturated rings. The minimum Gasteiger partial charge on any atom is -0.330 e. The van der Waals surface area contributed by atoms with Crippen molar-refractivity contribution in [2.24, 2.45) is 5.73 Å². The SMILES string of the molecule is NCCSCCNS(=O)(=O)c1cccc2c(I)cccc12. The van der Waals surface area contributed by atoms with Crippen LogP contribution in [0.1, 0.15) is 0 Å². The number of nitrogens with two attached hydrogens (primary N) is 1. The molecule has 0 amide bonds. The number of benzene rings is 2. The normalized spacial score (nSPS) is 11.9. The van der Waals surface area contributed by atoms with Crippen LogP contribution in [0.5, 0.6) is 0 Å². The van der Waals surface area contributed by atoms with Gasteiger partial charge in [-0.25, -0.2) is 13.1 Å². The topological polar surface area (TPSA) is 72.2 Å². The van der Waals surface area contributed by atoms with E-state index in [0.29, 0.717) is 18.0 Å². The Labute approximate surface area is 143 Å². The third-order valence-electron chi connectivity index (χ3n) is 2.92. The Kier molecular flexibility index (Phi) is 6.30. The second-order valence-electron chi connectivity index (χ2n) is 4.39. The molecule has 0 saturated carbocycles. The lowest BCUT2D eigenvalue weighted by Gasteiger charge is -2.10. The lowest BCUT2D eigenvalue weighted by molar-refractivity contribution is 0.585. The minimum absolute atomic E-state index is 0.336. The van der Waals surface area contributed by atoms with Crippen LogP contribution in [0.15, 0.2) is 41.3 Å². The highest BCUT2D eigenvalue weighted by Crippen LogP contribution is 2.26. The Balaban J connectivity index is 2.22. The van der Waals surface area contributed by atoms with Crippen molar-refractivity contribution in [3.05, 3.63) is 40.0 Å². The van der Waals surface area contributed by atoms with Gasteiger partial charge in [0, 0.05) is 33.6 Å². The number of sulfonamides is 1. The van der Waals surface area contributed by atoms with E-state index in [1.807, 2.05) is 24.3 Å². The molecule has 0 atom stereocenters. The average molecular weight is 436 g/mol. The standard InChI is InChI=1S/C14H17IN2O2S2/c15-13-5-1-4-12-11(13)3-2-6-14(12)21(18,19)17-8-10-20-9-7-16/h1-6,17H,7-10,16H2. The van der Waals surface area contributed by atoms with Crippen LogP contribution in [0.4, 0.5) is 0 Å².